The average molecular weight is 382 g/mol. The molecule has 4 rings (SSSR count). The largest absolute Gasteiger partial charge is 0.491 e. The summed E-state index contributed by atoms with van der Waals surface area (Å²) in [5.41, 5.74) is 2.44. The van der Waals surface area contributed by atoms with Crippen LogP contribution in [0.25, 0.3) is 0 Å². The molecule has 0 aromatic heterocycles. The summed E-state index contributed by atoms with van der Waals surface area (Å²) in [5.74, 6) is 0.618. The van der Waals surface area contributed by atoms with E-state index in [9.17, 15) is 4.79 Å². The standard InChI is InChI=1S/C22H26N2O4/c25-22(17-7-9-18(10-8-17)28-16-19-4-3-13-27-19)23-20-5-1-2-6-21(20)24-11-14-26-15-12-24/h1-2,5-10,19H,3-4,11-16H2,(H,23,25)/t19-/m0/s1. The van der Waals surface area contributed by atoms with Gasteiger partial charge in [-0.15, -0.1) is 0 Å². The summed E-state index contributed by atoms with van der Waals surface area (Å²) in [5, 5.41) is 3.04. The minimum absolute atomic E-state index is 0.133. The number of carbonyl (C=O) groups is 1. The van der Waals surface area contributed by atoms with E-state index in [0.29, 0.717) is 25.4 Å². The van der Waals surface area contributed by atoms with Gasteiger partial charge in [0, 0.05) is 25.3 Å². The smallest absolute Gasteiger partial charge is 0.255 e. The lowest BCUT2D eigenvalue weighted by molar-refractivity contribution is 0.0679. The minimum Gasteiger partial charge on any atom is -0.491 e. The summed E-state index contributed by atoms with van der Waals surface area (Å²) >= 11 is 0. The number of amides is 1. The van der Waals surface area contributed by atoms with Crippen LogP contribution in [0.5, 0.6) is 5.75 Å². The molecule has 1 amide bonds. The van der Waals surface area contributed by atoms with Crippen LogP contribution < -0.4 is 15.0 Å². The maximum absolute atomic E-state index is 12.7. The quantitative estimate of drug-likeness (QED) is 0.830. The molecule has 2 aliphatic rings. The summed E-state index contributed by atoms with van der Waals surface area (Å²) in [4.78, 5) is 14.9. The van der Waals surface area contributed by atoms with Gasteiger partial charge in [-0.2, -0.15) is 0 Å². The van der Waals surface area contributed by atoms with Crippen LogP contribution >= 0.6 is 0 Å². The Morgan fingerprint density at radius 3 is 2.61 bits per heavy atom. The van der Waals surface area contributed by atoms with Crippen molar-refractivity contribution in [3.05, 3.63) is 54.1 Å². The Bertz CT molecular complexity index is 781. The van der Waals surface area contributed by atoms with Crippen LogP contribution in [0, 0.1) is 0 Å². The number of nitrogens with zero attached hydrogens (tertiary/aromatic N) is 1. The first-order valence-corrected chi connectivity index (χ1v) is 9.87. The lowest BCUT2D eigenvalue weighted by Crippen LogP contribution is -2.36. The maximum atomic E-state index is 12.7. The first kappa shape index (κ1) is 18.8. The monoisotopic (exact) mass is 382 g/mol. The van der Waals surface area contributed by atoms with Crippen LogP contribution in [0.3, 0.4) is 0 Å². The number of para-hydroxylation sites is 2. The second kappa shape index (κ2) is 9.08. The highest BCUT2D eigenvalue weighted by Crippen LogP contribution is 2.27. The van der Waals surface area contributed by atoms with Crippen molar-refractivity contribution in [1.29, 1.82) is 0 Å². The van der Waals surface area contributed by atoms with Gasteiger partial charge in [-0.1, -0.05) is 12.1 Å². The molecule has 6 heteroatoms. The fourth-order valence-electron chi connectivity index (χ4n) is 3.52. The molecule has 6 nitrogen and oxygen atoms in total. The Kier molecular flexibility index (Phi) is 6.09. The fourth-order valence-corrected chi connectivity index (χ4v) is 3.52. The predicted octanol–water partition coefficient (Wildman–Crippen LogP) is 3.33. The topological polar surface area (TPSA) is 60.0 Å². The second-order valence-electron chi connectivity index (χ2n) is 7.04. The van der Waals surface area contributed by atoms with E-state index in [-0.39, 0.29) is 12.0 Å². The summed E-state index contributed by atoms with van der Waals surface area (Å²) in [6, 6.07) is 15.1. The zero-order valence-corrected chi connectivity index (χ0v) is 15.9. The van der Waals surface area contributed by atoms with Crippen LogP contribution in [0.2, 0.25) is 0 Å². The van der Waals surface area contributed by atoms with Gasteiger partial charge in [0.2, 0.25) is 0 Å². The third kappa shape index (κ3) is 4.64. The Labute approximate surface area is 165 Å². The molecule has 2 aliphatic heterocycles. The van der Waals surface area contributed by atoms with Crippen molar-refractivity contribution in [2.24, 2.45) is 0 Å². The van der Waals surface area contributed by atoms with Gasteiger partial charge < -0.3 is 24.4 Å². The number of hydrogen-bond acceptors (Lipinski definition) is 5. The van der Waals surface area contributed by atoms with Crippen molar-refractivity contribution >= 4 is 17.3 Å². The molecule has 2 aromatic rings. The van der Waals surface area contributed by atoms with Gasteiger partial charge >= 0.3 is 0 Å². The normalized spacial score (nSPS) is 19.4. The molecule has 0 unspecified atom stereocenters. The van der Waals surface area contributed by atoms with Crippen LogP contribution in [0.1, 0.15) is 23.2 Å². The zero-order valence-electron chi connectivity index (χ0n) is 15.9. The molecule has 1 N–H and O–H groups in total. The number of anilines is 2. The van der Waals surface area contributed by atoms with E-state index in [1.165, 1.54) is 0 Å². The number of benzene rings is 2. The van der Waals surface area contributed by atoms with E-state index >= 15 is 0 Å². The van der Waals surface area contributed by atoms with Gasteiger partial charge in [-0.05, 0) is 49.2 Å². The molecule has 2 heterocycles. The number of ether oxygens (including phenoxy) is 3. The Hall–Kier alpha value is -2.57. The number of rotatable bonds is 6. The average Bonchev–Trinajstić information content (AvgIpc) is 3.27. The molecule has 2 fully saturated rings. The molecular formula is C22H26N2O4. The molecule has 0 bridgehead atoms. The second-order valence-corrected chi connectivity index (χ2v) is 7.04. The first-order valence-electron chi connectivity index (χ1n) is 9.87. The van der Waals surface area contributed by atoms with Crippen LogP contribution in [-0.2, 0) is 9.47 Å². The lowest BCUT2D eigenvalue weighted by Gasteiger charge is -2.30. The summed E-state index contributed by atoms with van der Waals surface area (Å²) in [7, 11) is 0. The van der Waals surface area contributed by atoms with E-state index in [4.69, 9.17) is 14.2 Å². The Morgan fingerprint density at radius 1 is 1.07 bits per heavy atom. The van der Waals surface area contributed by atoms with E-state index in [1.807, 2.05) is 36.4 Å². The van der Waals surface area contributed by atoms with Crippen molar-refractivity contribution in [3.8, 4) is 5.75 Å². The first-order chi connectivity index (χ1) is 13.8. The van der Waals surface area contributed by atoms with Gasteiger partial charge in [-0.3, -0.25) is 4.79 Å². The molecule has 0 radical (unpaired) electrons. The third-order valence-corrected chi connectivity index (χ3v) is 5.08. The van der Waals surface area contributed by atoms with Crippen LogP contribution in [-0.4, -0.2) is 51.5 Å². The van der Waals surface area contributed by atoms with Gasteiger partial charge in [-0.25, -0.2) is 0 Å². The SMILES string of the molecule is O=C(Nc1ccccc1N1CCOCC1)c1ccc(OC[C@@H]2CCCO2)cc1. The van der Waals surface area contributed by atoms with Gasteiger partial charge in [0.25, 0.3) is 5.91 Å². The number of hydrogen-bond donors (Lipinski definition) is 1. The number of carbonyl (C=O) groups excluding carboxylic acids is 1. The fraction of sp³-hybridized carbons (Fsp3) is 0.409. The Morgan fingerprint density at radius 2 is 1.86 bits per heavy atom. The molecule has 1 atom stereocenters. The van der Waals surface area contributed by atoms with Crippen molar-refractivity contribution in [2.45, 2.75) is 18.9 Å². The lowest BCUT2D eigenvalue weighted by atomic mass is 10.1. The highest BCUT2D eigenvalue weighted by atomic mass is 16.5. The van der Waals surface area contributed by atoms with Crippen LogP contribution in [0.15, 0.2) is 48.5 Å². The summed E-state index contributed by atoms with van der Waals surface area (Å²) in [6.45, 7) is 4.43. The van der Waals surface area contributed by atoms with Gasteiger partial charge in [0.1, 0.15) is 12.4 Å². The molecule has 28 heavy (non-hydrogen) atoms. The highest BCUT2D eigenvalue weighted by molar-refractivity contribution is 6.06. The van der Waals surface area contributed by atoms with E-state index in [2.05, 4.69) is 10.2 Å². The number of morpholine rings is 1. The minimum atomic E-state index is -0.133. The molecule has 2 aromatic carbocycles. The highest BCUT2D eigenvalue weighted by Gasteiger charge is 2.17. The maximum Gasteiger partial charge on any atom is 0.255 e. The zero-order chi connectivity index (χ0) is 19.2. The Balaban J connectivity index is 1.38. The van der Waals surface area contributed by atoms with Crippen molar-refractivity contribution in [1.82, 2.24) is 0 Å². The van der Waals surface area contributed by atoms with Gasteiger partial charge in [0.05, 0.1) is 30.7 Å². The predicted molar refractivity (Wildman–Crippen MR) is 108 cm³/mol. The molecule has 0 aliphatic carbocycles. The number of nitrogens with one attached hydrogen (secondary N) is 1. The summed E-state index contributed by atoms with van der Waals surface area (Å²) < 4.78 is 16.8. The summed E-state index contributed by atoms with van der Waals surface area (Å²) in [6.07, 6.45) is 2.32. The van der Waals surface area contributed by atoms with E-state index in [1.54, 1.807) is 12.1 Å². The van der Waals surface area contributed by atoms with Crippen molar-refractivity contribution < 1.29 is 19.0 Å². The molecule has 0 spiro atoms. The van der Waals surface area contributed by atoms with E-state index in [0.717, 1.165) is 49.7 Å². The van der Waals surface area contributed by atoms with Crippen LogP contribution in [0.4, 0.5) is 11.4 Å². The molecule has 2 saturated heterocycles. The van der Waals surface area contributed by atoms with Gasteiger partial charge in [0.15, 0.2) is 0 Å². The third-order valence-electron chi connectivity index (χ3n) is 5.08. The van der Waals surface area contributed by atoms with Crippen molar-refractivity contribution in [3.63, 3.8) is 0 Å². The van der Waals surface area contributed by atoms with Crippen molar-refractivity contribution in [2.75, 3.05) is 49.7 Å². The van der Waals surface area contributed by atoms with E-state index < -0.39 is 0 Å². The molecule has 0 saturated carbocycles. The molecule has 148 valence electrons. The molecular weight excluding hydrogens is 356 g/mol.